The molecular weight excluding hydrogens is 404 g/mol. The van der Waals surface area contributed by atoms with E-state index in [-0.39, 0.29) is 17.9 Å². The molecule has 1 aliphatic heterocycles. The summed E-state index contributed by atoms with van der Waals surface area (Å²) in [4.78, 5) is 48.8. The van der Waals surface area contributed by atoms with Gasteiger partial charge in [0.2, 0.25) is 0 Å². The molecule has 2 aliphatic carbocycles. The summed E-state index contributed by atoms with van der Waals surface area (Å²) < 4.78 is 16.7. The summed E-state index contributed by atoms with van der Waals surface area (Å²) in [5.74, 6) is -2.83. The number of carbonyl (C=O) groups excluding carboxylic acids is 3. The Hall–Kier alpha value is -2.90. The third-order valence-corrected chi connectivity index (χ3v) is 6.97. The second-order valence-electron chi connectivity index (χ2n) is 8.67. The van der Waals surface area contributed by atoms with Crippen molar-refractivity contribution in [1.82, 2.24) is 0 Å². The zero-order valence-electron chi connectivity index (χ0n) is 18.2. The van der Waals surface area contributed by atoms with Crippen LogP contribution >= 0.6 is 0 Å². The molecule has 2 bridgehead atoms. The standard InChI is InChI=1S/C23H28O8/c1-14(18(25)26)6-5-10-21(3)17-9-12-22(20(28)31-21)11-7-16(19(27)29-4)8-13-23(17,22)30-15(2)24/h5-7,10,17H,8-9,11-13H2,1-4H3,(H,25,26)/b10-5+,14-6-/t17-,21?,22?,23?/m0/s1. The van der Waals surface area contributed by atoms with Crippen molar-refractivity contribution < 1.29 is 38.5 Å². The Kier molecular flexibility index (Phi) is 5.86. The average Bonchev–Trinajstić information content (AvgIpc) is 2.84. The molecule has 0 amide bonds. The van der Waals surface area contributed by atoms with Gasteiger partial charge in [-0.15, -0.1) is 0 Å². The monoisotopic (exact) mass is 432 g/mol. The Morgan fingerprint density at radius 1 is 1.26 bits per heavy atom. The first-order chi connectivity index (χ1) is 14.5. The van der Waals surface area contributed by atoms with Gasteiger partial charge in [-0.3, -0.25) is 9.59 Å². The van der Waals surface area contributed by atoms with E-state index in [0.717, 1.165) is 0 Å². The molecule has 168 valence electrons. The lowest BCUT2D eigenvalue weighted by Crippen LogP contribution is -2.65. The summed E-state index contributed by atoms with van der Waals surface area (Å²) >= 11 is 0. The molecule has 0 aromatic rings. The number of esters is 3. The first kappa shape index (κ1) is 22.8. The fraction of sp³-hybridized carbons (Fsp3) is 0.565. The summed E-state index contributed by atoms with van der Waals surface area (Å²) in [6.45, 7) is 4.53. The molecule has 8 heteroatoms. The molecule has 31 heavy (non-hydrogen) atoms. The van der Waals surface area contributed by atoms with Gasteiger partial charge in [-0.05, 0) is 52.0 Å². The molecule has 1 saturated heterocycles. The Bertz CT molecular complexity index is 913. The van der Waals surface area contributed by atoms with Crippen LogP contribution in [0.3, 0.4) is 0 Å². The molecule has 0 aromatic heterocycles. The number of cyclic esters (lactones) is 1. The normalized spacial score (nSPS) is 35.0. The van der Waals surface area contributed by atoms with E-state index in [2.05, 4.69) is 0 Å². The third-order valence-electron chi connectivity index (χ3n) is 6.97. The Labute approximate surface area is 180 Å². The molecular formula is C23H28O8. The van der Waals surface area contributed by atoms with Gasteiger partial charge in [0.25, 0.3) is 0 Å². The molecule has 2 fully saturated rings. The van der Waals surface area contributed by atoms with Crippen molar-refractivity contribution in [2.24, 2.45) is 11.3 Å². The van der Waals surface area contributed by atoms with Gasteiger partial charge in [0.05, 0.1) is 7.11 Å². The summed E-state index contributed by atoms with van der Waals surface area (Å²) in [7, 11) is 1.30. The van der Waals surface area contributed by atoms with Crippen LogP contribution in [-0.4, -0.2) is 47.3 Å². The molecule has 3 aliphatic rings. The van der Waals surface area contributed by atoms with Gasteiger partial charge in [-0.25, -0.2) is 9.59 Å². The number of carbonyl (C=O) groups is 4. The molecule has 3 unspecified atom stereocenters. The van der Waals surface area contributed by atoms with Gasteiger partial charge < -0.3 is 19.3 Å². The zero-order chi connectivity index (χ0) is 23.0. The number of carboxylic acid groups (broad SMARTS) is 1. The van der Waals surface area contributed by atoms with Crippen molar-refractivity contribution in [2.75, 3.05) is 7.11 Å². The van der Waals surface area contributed by atoms with Crippen molar-refractivity contribution in [1.29, 1.82) is 0 Å². The highest BCUT2D eigenvalue weighted by Gasteiger charge is 2.74. The maximum atomic E-state index is 13.4. The van der Waals surface area contributed by atoms with Gasteiger partial charge >= 0.3 is 23.9 Å². The van der Waals surface area contributed by atoms with E-state index in [1.54, 1.807) is 25.2 Å². The fourth-order valence-electron chi connectivity index (χ4n) is 5.45. The molecule has 1 N–H and O–H groups in total. The molecule has 1 saturated carbocycles. The van der Waals surface area contributed by atoms with Gasteiger partial charge in [0, 0.05) is 24.0 Å². The van der Waals surface area contributed by atoms with E-state index in [0.29, 0.717) is 31.3 Å². The van der Waals surface area contributed by atoms with E-state index < -0.39 is 40.5 Å². The van der Waals surface area contributed by atoms with Crippen LogP contribution < -0.4 is 0 Å². The van der Waals surface area contributed by atoms with Crippen LogP contribution in [0.1, 0.15) is 52.9 Å². The highest BCUT2D eigenvalue weighted by molar-refractivity contribution is 5.89. The lowest BCUT2D eigenvalue weighted by Gasteiger charge is -2.54. The Morgan fingerprint density at radius 2 is 1.97 bits per heavy atom. The van der Waals surface area contributed by atoms with Crippen molar-refractivity contribution in [3.63, 3.8) is 0 Å². The highest BCUT2D eigenvalue weighted by atomic mass is 16.6. The van der Waals surface area contributed by atoms with E-state index in [4.69, 9.17) is 19.3 Å². The quantitative estimate of drug-likeness (QED) is 0.305. The highest BCUT2D eigenvalue weighted by Crippen LogP contribution is 2.65. The smallest absolute Gasteiger partial charge is 0.333 e. The average molecular weight is 432 g/mol. The molecule has 8 nitrogen and oxygen atoms in total. The van der Waals surface area contributed by atoms with Crippen LogP contribution in [0.25, 0.3) is 0 Å². The van der Waals surface area contributed by atoms with Gasteiger partial charge in [0.15, 0.2) is 0 Å². The van der Waals surface area contributed by atoms with Crippen LogP contribution in [0.4, 0.5) is 0 Å². The molecule has 0 radical (unpaired) electrons. The minimum Gasteiger partial charge on any atom is -0.478 e. The van der Waals surface area contributed by atoms with E-state index in [1.807, 2.05) is 0 Å². The van der Waals surface area contributed by atoms with E-state index >= 15 is 0 Å². The maximum absolute atomic E-state index is 13.4. The number of methoxy groups -OCH3 is 1. The summed E-state index contributed by atoms with van der Waals surface area (Å²) in [5.41, 5.74) is -2.71. The van der Waals surface area contributed by atoms with Gasteiger partial charge in [0.1, 0.15) is 16.6 Å². The number of hydrogen-bond donors (Lipinski definition) is 1. The van der Waals surface area contributed by atoms with Crippen molar-refractivity contribution in [3.05, 3.63) is 35.5 Å². The predicted molar refractivity (Wildman–Crippen MR) is 109 cm³/mol. The van der Waals surface area contributed by atoms with Crippen molar-refractivity contribution in [3.8, 4) is 0 Å². The number of rotatable bonds is 5. The predicted octanol–water partition coefficient (Wildman–Crippen LogP) is 2.87. The molecule has 0 aromatic carbocycles. The summed E-state index contributed by atoms with van der Waals surface area (Å²) in [6.07, 6.45) is 8.21. The molecule has 1 heterocycles. The summed E-state index contributed by atoms with van der Waals surface area (Å²) in [6, 6.07) is 0. The largest absolute Gasteiger partial charge is 0.478 e. The third kappa shape index (κ3) is 3.58. The van der Waals surface area contributed by atoms with Crippen LogP contribution in [0.5, 0.6) is 0 Å². The Morgan fingerprint density at radius 3 is 2.58 bits per heavy atom. The van der Waals surface area contributed by atoms with Crippen LogP contribution in [0.15, 0.2) is 35.5 Å². The lowest BCUT2D eigenvalue weighted by molar-refractivity contribution is -0.235. The van der Waals surface area contributed by atoms with Crippen LogP contribution in [0.2, 0.25) is 0 Å². The minimum absolute atomic E-state index is 0.138. The van der Waals surface area contributed by atoms with Crippen LogP contribution in [0, 0.1) is 11.3 Å². The Balaban J connectivity index is 2.07. The fourth-order valence-corrected chi connectivity index (χ4v) is 5.45. The van der Waals surface area contributed by atoms with Crippen molar-refractivity contribution >= 4 is 23.9 Å². The van der Waals surface area contributed by atoms with Crippen LogP contribution in [-0.2, 0) is 33.4 Å². The second-order valence-corrected chi connectivity index (χ2v) is 8.67. The first-order valence-corrected chi connectivity index (χ1v) is 10.3. The lowest BCUT2D eigenvalue weighted by atomic mass is 9.62. The van der Waals surface area contributed by atoms with Crippen molar-refractivity contribution in [2.45, 2.75) is 64.1 Å². The number of carboxylic acids is 1. The maximum Gasteiger partial charge on any atom is 0.333 e. The molecule has 4 atom stereocenters. The molecule has 3 rings (SSSR count). The van der Waals surface area contributed by atoms with E-state index in [9.17, 15) is 19.2 Å². The topological polar surface area (TPSA) is 116 Å². The molecule has 0 spiro atoms. The zero-order valence-corrected chi connectivity index (χ0v) is 18.2. The number of aliphatic carboxylic acids is 1. The number of hydrogen-bond acceptors (Lipinski definition) is 7. The minimum atomic E-state index is -1.13. The van der Waals surface area contributed by atoms with Gasteiger partial charge in [-0.2, -0.15) is 0 Å². The van der Waals surface area contributed by atoms with Gasteiger partial charge in [-0.1, -0.05) is 18.2 Å². The summed E-state index contributed by atoms with van der Waals surface area (Å²) in [5, 5.41) is 9.06. The van der Waals surface area contributed by atoms with E-state index in [1.165, 1.54) is 27.0 Å². The second kappa shape index (κ2) is 7.98. The number of allylic oxidation sites excluding steroid dienone is 3. The SMILES string of the molecule is COC(=O)C1=CCC23CC[C@@H](C(C)(/C=C/C=C(/C)C(=O)O)OC2=O)C3(OC(C)=O)CC1. The first-order valence-electron chi connectivity index (χ1n) is 10.3. The number of ether oxygens (including phenoxy) is 3.